The van der Waals surface area contributed by atoms with Crippen LogP contribution in [0, 0.1) is 0 Å². The predicted molar refractivity (Wildman–Crippen MR) is 130 cm³/mol. The zero-order valence-corrected chi connectivity index (χ0v) is 21.4. The van der Waals surface area contributed by atoms with Crippen molar-refractivity contribution in [2.75, 3.05) is 19.8 Å². The smallest absolute Gasteiger partial charge is 0.308 e. The van der Waals surface area contributed by atoms with E-state index in [4.69, 9.17) is 9.05 Å². The fourth-order valence-corrected chi connectivity index (χ4v) is 7.21. The standard InChI is InChI=1S/C25H52NO3P/c1-4-7-8-9-10-11-12-13-14-15-16-17-18-19-20-22-25(23-21-24-26-25)30(27,28-5-2)29-6-3/h26H,4-24H2,1-3H3. The van der Waals surface area contributed by atoms with E-state index < -0.39 is 12.9 Å². The van der Waals surface area contributed by atoms with Gasteiger partial charge in [0.1, 0.15) is 5.28 Å². The molecule has 1 atom stereocenters. The molecule has 0 saturated carbocycles. The van der Waals surface area contributed by atoms with E-state index in [9.17, 15) is 4.57 Å². The highest BCUT2D eigenvalue weighted by molar-refractivity contribution is 7.55. The van der Waals surface area contributed by atoms with Crippen molar-refractivity contribution in [1.82, 2.24) is 5.32 Å². The van der Waals surface area contributed by atoms with Crippen LogP contribution in [0.2, 0.25) is 0 Å². The van der Waals surface area contributed by atoms with Crippen LogP contribution >= 0.6 is 7.60 Å². The van der Waals surface area contributed by atoms with Crippen molar-refractivity contribution in [1.29, 1.82) is 0 Å². The van der Waals surface area contributed by atoms with E-state index >= 15 is 0 Å². The van der Waals surface area contributed by atoms with Gasteiger partial charge >= 0.3 is 7.60 Å². The van der Waals surface area contributed by atoms with Crippen LogP contribution in [0.1, 0.15) is 136 Å². The molecular weight excluding hydrogens is 393 g/mol. The van der Waals surface area contributed by atoms with Gasteiger partial charge in [-0.25, -0.2) is 0 Å². The Kier molecular flexibility index (Phi) is 16.5. The molecule has 0 aromatic carbocycles. The largest absolute Gasteiger partial charge is 0.350 e. The lowest BCUT2D eigenvalue weighted by molar-refractivity contribution is 0.186. The summed E-state index contributed by atoms with van der Waals surface area (Å²) in [7, 11) is -3.10. The van der Waals surface area contributed by atoms with Crippen molar-refractivity contribution in [3.05, 3.63) is 0 Å². The van der Waals surface area contributed by atoms with Gasteiger partial charge in [0.25, 0.3) is 0 Å². The van der Waals surface area contributed by atoms with Crippen LogP contribution in [-0.2, 0) is 13.6 Å². The molecule has 1 saturated heterocycles. The van der Waals surface area contributed by atoms with Gasteiger partial charge in [-0.05, 0) is 39.7 Å². The molecule has 180 valence electrons. The van der Waals surface area contributed by atoms with Gasteiger partial charge in [0.2, 0.25) is 0 Å². The van der Waals surface area contributed by atoms with Gasteiger partial charge < -0.3 is 14.4 Å². The van der Waals surface area contributed by atoms with E-state index in [0.29, 0.717) is 13.2 Å². The third-order valence-electron chi connectivity index (χ3n) is 6.54. The second kappa shape index (κ2) is 17.6. The highest BCUT2D eigenvalue weighted by Crippen LogP contribution is 2.63. The topological polar surface area (TPSA) is 47.6 Å². The summed E-state index contributed by atoms with van der Waals surface area (Å²) in [6.45, 7) is 7.90. The normalized spacial score (nSPS) is 19.6. The number of nitrogens with one attached hydrogen (secondary N) is 1. The zero-order valence-electron chi connectivity index (χ0n) is 20.5. The Balaban J connectivity index is 2.07. The van der Waals surface area contributed by atoms with E-state index in [1.165, 1.54) is 89.9 Å². The SMILES string of the molecule is CCCCCCCCCCCCCCCCCC1(P(=O)(OCC)OCC)CCCN1. The first-order chi connectivity index (χ1) is 14.6. The molecule has 0 spiro atoms. The molecule has 4 nitrogen and oxygen atoms in total. The van der Waals surface area contributed by atoms with Crippen LogP contribution in [0.4, 0.5) is 0 Å². The Hall–Kier alpha value is 0.110. The van der Waals surface area contributed by atoms with Crippen molar-refractivity contribution in [2.45, 2.75) is 142 Å². The fraction of sp³-hybridized carbons (Fsp3) is 1.00. The van der Waals surface area contributed by atoms with Crippen molar-refractivity contribution in [2.24, 2.45) is 0 Å². The summed E-state index contributed by atoms with van der Waals surface area (Å²) in [5.74, 6) is 0. The highest BCUT2D eigenvalue weighted by Gasteiger charge is 2.51. The second-order valence-corrected chi connectivity index (χ2v) is 11.5. The molecule has 30 heavy (non-hydrogen) atoms. The maximum absolute atomic E-state index is 13.4. The lowest BCUT2D eigenvalue weighted by Crippen LogP contribution is -2.40. The molecule has 0 aliphatic carbocycles. The Morgan fingerprint density at radius 1 is 0.700 bits per heavy atom. The third kappa shape index (κ3) is 10.6. The lowest BCUT2D eigenvalue weighted by Gasteiger charge is -2.36. The van der Waals surface area contributed by atoms with Gasteiger partial charge in [-0.3, -0.25) is 4.57 Å². The van der Waals surface area contributed by atoms with Crippen LogP contribution in [0.3, 0.4) is 0 Å². The molecular formula is C25H52NO3P. The summed E-state index contributed by atoms with van der Waals surface area (Å²) in [4.78, 5) is 0. The summed E-state index contributed by atoms with van der Waals surface area (Å²) >= 11 is 0. The van der Waals surface area contributed by atoms with E-state index in [1.807, 2.05) is 13.8 Å². The second-order valence-electron chi connectivity index (χ2n) is 9.09. The molecule has 1 heterocycles. The predicted octanol–water partition coefficient (Wildman–Crippen LogP) is 8.59. The monoisotopic (exact) mass is 445 g/mol. The Morgan fingerprint density at radius 2 is 1.13 bits per heavy atom. The summed E-state index contributed by atoms with van der Waals surface area (Å²) in [6.07, 6.45) is 23.4. The minimum absolute atomic E-state index is 0.444. The zero-order chi connectivity index (χ0) is 22.0. The van der Waals surface area contributed by atoms with Gasteiger partial charge in [0.05, 0.1) is 13.2 Å². The number of hydrogen-bond donors (Lipinski definition) is 1. The third-order valence-corrected chi connectivity index (χ3v) is 9.39. The van der Waals surface area contributed by atoms with Crippen LogP contribution in [0.15, 0.2) is 0 Å². The molecule has 1 fully saturated rings. The fourth-order valence-electron chi connectivity index (χ4n) is 4.79. The molecule has 0 aromatic rings. The molecule has 1 aliphatic rings. The Labute approximate surface area is 188 Å². The molecule has 5 heteroatoms. The average molecular weight is 446 g/mol. The van der Waals surface area contributed by atoms with Crippen molar-refractivity contribution < 1.29 is 13.6 Å². The minimum Gasteiger partial charge on any atom is -0.308 e. The number of hydrogen-bond acceptors (Lipinski definition) is 4. The van der Waals surface area contributed by atoms with E-state index in [0.717, 1.165) is 32.2 Å². The van der Waals surface area contributed by atoms with Gasteiger partial charge in [0, 0.05) is 0 Å². The van der Waals surface area contributed by atoms with Crippen molar-refractivity contribution in [3.8, 4) is 0 Å². The molecule has 0 aromatic heterocycles. The van der Waals surface area contributed by atoms with Gasteiger partial charge in [-0.2, -0.15) is 0 Å². The minimum atomic E-state index is -3.10. The summed E-state index contributed by atoms with van der Waals surface area (Å²) in [6, 6.07) is 0. The van der Waals surface area contributed by atoms with Gasteiger partial charge in [0.15, 0.2) is 0 Å². The summed E-state index contributed by atoms with van der Waals surface area (Å²) in [5, 5.41) is 3.07. The first-order valence-corrected chi connectivity index (χ1v) is 14.8. The van der Waals surface area contributed by atoms with Gasteiger partial charge in [-0.15, -0.1) is 0 Å². The molecule has 1 unspecified atom stereocenters. The van der Waals surface area contributed by atoms with E-state index in [2.05, 4.69) is 12.2 Å². The van der Waals surface area contributed by atoms with Crippen LogP contribution < -0.4 is 5.32 Å². The summed E-state index contributed by atoms with van der Waals surface area (Å²) in [5.41, 5.74) is 0. The number of rotatable bonds is 21. The molecule has 0 bridgehead atoms. The summed E-state index contributed by atoms with van der Waals surface area (Å²) < 4.78 is 24.8. The first-order valence-electron chi connectivity index (χ1n) is 13.3. The maximum atomic E-state index is 13.4. The Bertz CT molecular complexity index is 428. The van der Waals surface area contributed by atoms with Crippen molar-refractivity contribution in [3.63, 3.8) is 0 Å². The maximum Gasteiger partial charge on any atom is 0.350 e. The highest BCUT2D eigenvalue weighted by atomic mass is 31.2. The first kappa shape index (κ1) is 28.1. The molecule has 1 rings (SSSR count). The van der Waals surface area contributed by atoms with E-state index in [1.54, 1.807) is 0 Å². The van der Waals surface area contributed by atoms with Crippen LogP contribution in [-0.4, -0.2) is 25.0 Å². The van der Waals surface area contributed by atoms with Crippen LogP contribution in [0.5, 0.6) is 0 Å². The van der Waals surface area contributed by atoms with E-state index in [-0.39, 0.29) is 0 Å². The van der Waals surface area contributed by atoms with Gasteiger partial charge in [-0.1, -0.05) is 103 Å². The molecule has 1 N–H and O–H groups in total. The molecule has 0 amide bonds. The quantitative estimate of drug-likeness (QED) is 0.142. The lowest BCUT2D eigenvalue weighted by atomic mass is 10.0. The number of unbranched alkanes of at least 4 members (excludes halogenated alkanes) is 14. The Morgan fingerprint density at radius 3 is 1.50 bits per heavy atom. The molecule has 0 radical (unpaired) electrons. The average Bonchev–Trinajstić information content (AvgIpc) is 3.22. The van der Waals surface area contributed by atoms with Crippen molar-refractivity contribution >= 4 is 7.60 Å². The van der Waals surface area contributed by atoms with Crippen LogP contribution in [0.25, 0.3) is 0 Å². The molecule has 1 aliphatic heterocycles.